The first-order valence-electron chi connectivity index (χ1n) is 8.17. The zero-order valence-corrected chi connectivity index (χ0v) is 14.7. The van der Waals surface area contributed by atoms with Crippen molar-refractivity contribution in [1.29, 1.82) is 0 Å². The van der Waals surface area contributed by atoms with E-state index in [9.17, 15) is 4.39 Å². The second-order valence-electron chi connectivity index (χ2n) is 7.43. The van der Waals surface area contributed by atoms with E-state index in [1.54, 1.807) is 0 Å². The summed E-state index contributed by atoms with van der Waals surface area (Å²) in [6, 6.07) is 7.35. The average molecular weight is 343 g/mol. The van der Waals surface area contributed by atoms with Crippen molar-refractivity contribution >= 4 is 12.4 Å². The Morgan fingerprint density at radius 2 is 2.00 bits per heavy atom. The zero-order chi connectivity index (χ0) is 15.7. The molecular formula is C17H28ClFN4. The molecule has 0 aliphatic carbocycles. The van der Waals surface area contributed by atoms with E-state index in [2.05, 4.69) is 29.6 Å². The molecule has 130 valence electrons. The number of benzene rings is 1. The number of rotatable bonds is 3. The minimum Gasteiger partial charge on any atom is -0.327 e. The molecule has 0 aromatic heterocycles. The minimum atomic E-state index is -0.182. The molecule has 0 amide bonds. The number of nitrogens with one attached hydrogen (secondary N) is 2. The van der Waals surface area contributed by atoms with Crippen LogP contribution < -0.4 is 16.6 Å². The van der Waals surface area contributed by atoms with E-state index in [4.69, 9.17) is 5.73 Å². The van der Waals surface area contributed by atoms with Crippen LogP contribution in [0.1, 0.15) is 31.9 Å². The van der Waals surface area contributed by atoms with Gasteiger partial charge in [0.2, 0.25) is 0 Å². The van der Waals surface area contributed by atoms with Crippen molar-refractivity contribution in [2.24, 2.45) is 17.1 Å². The molecule has 0 radical (unpaired) electrons. The molecule has 2 heterocycles. The molecule has 0 bridgehead atoms. The summed E-state index contributed by atoms with van der Waals surface area (Å²) >= 11 is 0. The second-order valence-corrected chi connectivity index (χ2v) is 7.43. The molecule has 2 saturated heterocycles. The van der Waals surface area contributed by atoms with E-state index >= 15 is 0 Å². The molecule has 3 rings (SSSR count). The summed E-state index contributed by atoms with van der Waals surface area (Å²) in [5, 5.41) is 0. The molecule has 4 nitrogen and oxygen atoms in total. The van der Waals surface area contributed by atoms with E-state index in [1.807, 2.05) is 12.1 Å². The topological polar surface area (TPSA) is 53.3 Å². The van der Waals surface area contributed by atoms with Crippen molar-refractivity contribution in [3.05, 3.63) is 35.6 Å². The highest BCUT2D eigenvalue weighted by Gasteiger charge is 2.36. The van der Waals surface area contributed by atoms with Crippen molar-refractivity contribution in [3.8, 4) is 0 Å². The number of halogens is 2. The average Bonchev–Trinajstić information content (AvgIpc) is 2.92. The Morgan fingerprint density at radius 1 is 1.30 bits per heavy atom. The molecule has 0 spiro atoms. The number of likely N-dealkylation sites (tertiary alicyclic amines) is 1. The van der Waals surface area contributed by atoms with Crippen molar-refractivity contribution in [2.75, 3.05) is 26.2 Å². The van der Waals surface area contributed by atoms with Gasteiger partial charge < -0.3 is 10.6 Å². The molecule has 4 N–H and O–H groups in total. The maximum Gasteiger partial charge on any atom is 0.123 e. The van der Waals surface area contributed by atoms with Crippen LogP contribution in [-0.2, 0) is 0 Å². The van der Waals surface area contributed by atoms with Crippen LogP contribution in [0, 0.1) is 17.2 Å². The van der Waals surface area contributed by atoms with E-state index in [1.165, 1.54) is 12.1 Å². The largest absolute Gasteiger partial charge is 0.327 e. The normalized spacial score (nSPS) is 30.9. The first kappa shape index (κ1) is 18.6. The lowest BCUT2D eigenvalue weighted by Crippen LogP contribution is -2.53. The predicted molar refractivity (Wildman–Crippen MR) is 93.8 cm³/mol. The Bertz CT molecular complexity index is 508. The van der Waals surface area contributed by atoms with Crippen molar-refractivity contribution < 1.29 is 4.39 Å². The lowest BCUT2D eigenvalue weighted by molar-refractivity contribution is 0.0816. The number of hydrogen-bond acceptors (Lipinski definition) is 4. The summed E-state index contributed by atoms with van der Waals surface area (Å²) in [6.45, 7) is 8.60. The molecule has 3 unspecified atom stereocenters. The lowest BCUT2D eigenvalue weighted by atomic mass is 9.79. The molecule has 23 heavy (non-hydrogen) atoms. The van der Waals surface area contributed by atoms with Crippen LogP contribution in [0.2, 0.25) is 0 Å². The molecule has 1 aromatic rings. The van der Waals surface area contributed by atoms with E-state index in [0.717, 1.165) is 38.2 Å². The van der Waals surface area contributed by atoms with Gasteiger partial charge in [0.15, 0.2) is 0 Å². The Labute approximate surface area is 144 Å². The van der Waals surface area contributed by atoms with Gasteiger partial charge in [-0.2, -0.15) is 0 Å². The Kier molecular flexibility index (Phi) is 6.03. The van der Waals surface area contributed by atoms with Crippen LogP contribution in [0.25, 0.3) is 0 Å². The monoisotopic (exact) mass is 342 g/mol. The summed E-state index contributed by atoms with van der Waals surface area (Å²) in [6.07, 6.45) is 1.06. The smallest absolute Gasteiger partial charge is 0.123 e. The summed E-state index contributed by atoms with van der Waals surface area (Å²) < 4.78 is 13.1. The van der Waals surface area contributed by atoms with Gasteiger partial charge in [-0.25, -0.2) is 9.82 Å². The van der Waals surface area contributed by atoms with Gasteiger partial charge in [0, 0.05) is 31.6 Å². The summed E-state index contributed by atoms with van der Waals surface area (Å²) in [7, 11) is 0. The SMILES string of the molecule is CC1(C)CN(CC2CNNC2c2ccc(F)cc2)CCC1N.Cl. The Balaban J connectivity index is 0.00000192. The van der Waals surface area contributed by atoms with E-state index < -0.39 is 0 Å². The first-order chi connectivity index (χ1) is 10.5. The third kappa shape index (κ3) is 4.22. The molecule has 3 atom stereocenters. The first-order valence-corrected chi connectivity index (χ1v) is 8.17. The van der Waals surface area contributed by atoms with Gasteiger partial charge in [-0.15, -0.1) is 12.4 Å². The van der Waals surface area contributed by atoms with Crippen LogP contribution in [0.4, 0.5) is 4.39 Å². The quantitative estimate of drug-likeness (QED) is 0.787. The predicted octanol–water partition coefficient (Wildman–Crippen LogP) is 2.07. The van der Waals surface area contributed by atoms with Gasteiger partial charge in [-0.05, 0) is 36.1 Å². The highest BCUT2D eigenvalue weighted by atomic mass is 35.5. The highest BCUT2D eigenvalue weighted by Crippen LogP contribution is 2.31. The number of piperidine rings is 1. The maximum atomic E-state index is 13.1. The van der Waals surface area contributed by atoms with Crippen LogP contribution in [0.5, 0.6) is 0 Å². The molecule has 1 aromatic carbocycles. The number of hydrogen-bond donors (Lipinski definition) is 3. The molecular weight excluding hydrogens is 315 g/mol. The molecule has 2 aliphatic heterocycles. The number of hydrazine groups is 1. The van der Waals surface area contributed by atoms with Crippen LogP contribution >= 0.6 is 12.4 Å². The third-order valence-corrected chi connectivity index (χ3v) is 5.21. The molecule has 6 heteroatoms. The van der Waals surface area contributed by atoms with Gasteiger partial charge in [0.1, 0.15) is 5.82 Å². The fraction of sp³-hybridized carbons (Fsp3) is 0.647. The third-order valence-electron chi connectivity index (χ3n) is 5.21. The zero-order valence-electron chi connectivity index (χ0n) is 13.9. The minimum absolute atomic E-state index is 0. The second kappa shape index (κ2) is 7.45. The van der Waals surface area contributed by atoms with Crippen LogP contribution in [0.3, 0.4) is 0 Å². The van der Waals surface area contributed by atoms with Crippen molar-refractivity contribution in [3.63, 3.8) is 0 Å². The van der Waals surface area contributed by atoms with E-state index in [0.29, 0.717) is 5.92 Å². The maximum absolute atomic E-state index is 13.1. The van der Waals surface area contributed by atoms with Gasteiger partial charge in [-0.3, -0.25) is 5.43 Å². The van der Waals surface area contributed by atoms with Crippen molar-refractivity contribution in [1.82, 2.24) is 15.8 Å². The van der Waals surface area contributed by atoms with Gasteiger partial charge in [0.05, 0.1) is 6.04 Å². The number of nitrogens with two attached hydrogens (primary N) is 1. The Hall–Kier alpha value is -0.720. The molecule has 2 fully saturated rings. The molecule has 0 saturated carbocycles. The van der Waals surface area contributed by atoms with Crippen molar-refractivity contribution in [2.45, 2.75) is 32.4 Å². The lowest BCUT2D eigenvalue weighted by Gasteiger charge is -2.43. The standard InChI is InChI=1S/C17H27FN4.ClH/c1-17(2)11-22(8-7-15(17)19)10-13-9-20-21-16(13)12-3-5-14(18)6-4-12;/h3-6,13,15-16,20-21H,7-11,19H2,1-2H3;1H. The van der Waals surface area contributed by atoms with Gasteiger partial charge in [0.25, 0.3) is 0 Å². The summed E-state index contributed by atoms with van der Waals surface area (Å²) in [4.78, 5) is 2.53. The Morgan fingerprint density at radius 3 is 2.65 bits per heavy atom. The van der Waals surface area contributed by atoms with Gasteiger partial charge >= 0.3 is 0 Å². The van der Waals surface area contributed by atoms with Crippen LogP contribution in [-0.4, -0.2) is 37.1 Å². The van der Waals surface area contributed by atoms with Crippen LogP contribution in [0.15, 0.2) is 24.3 Å². The summed E-state index contributed by atoms with van der Waals surface area (Å²) in [5.41, 5.74) is 14.1. The summed E-state index contributed by atoms with van der Waals surface area (Å²) in [5.74, 6) is 0.300. The fourth-order valence-electron chi connectivity index (χ4n) is 3.70. The fourth-order valence-corrected chi connectivity index (χ4v) is 3.70. The van der Waals surface area contributed by atoms with E-state index in [-0.39, 0.29) is 35.7 Å². The molecule has 2 aliphatic rings. The van der Waals surface area contributed by atoms with Gasteiger partial charge in [-0.1, -0.05) is 26.0 Å². The highest BCUT2D eigenvalue weighted by molar-refractivity contribution is 5.85. The number of nitrogens with zero attached hydrogens (tertiary/aromatic N) is 1.